The van der Waals surface area contributed by atoms with Crippen molar-refractivity contribution >= 4 is 45.3 Å². The first kappa shape index (κ1) is 20.2. The molecule has 1 aromatic heterocycles. The summed E-state index contributed by atoms with van der Waals surface area (Å²) >= 11 is 1.63. The molecule has 6 nitrogen and oxygen atoms in total. The van der Waals surface area contributed by atoms with Crippen LogP contribution in [-0.2, 0) is 9.59 Å². The van der Waals surface area contributed by atoms with Gasteiger partial charge < -0.3 is 10.1 Å². The molecule has 0 bridgehead atoms. The number of hydrogen-bond donors (Lipinski definition) is 1. The molecule has 4 aromatic rings. The van der Waals surface area contributed by atoms with Crippen molar-refractivity contribution in [1.29, 1.82) is 0 Å². The third kappa shape index (κ3) is 3.71. The molecule has 7 heteroatoms. The number of aryl methyl sites for hydroxylation is 2. The van der Waals surface area contributed by atoms with Crippen LogP contribution >= 0.6 is 11.3 Å². The normalized spacial score (nSPS) is 13.1. The predicted molar refractivity (Wildman–Crippen MR) is 127 cm³/mol. The van der Waals surface area contributed by atoms with E-state index >= 15 is 0 Å². The molecule has 0 spiro atoms. The van der Waals surface area contributed by atoms with Crippen LogP contribution < -0.4 is 15.0 Å². The Morgan fingerprint density at radius 3 is 2.75 bits per heavy atom. The summed E-state index contributed by atoms with van der Waals surface area (Å²) < 4.78 is 5.61. The Labute approximate surface area is 189 Å². The topological polar surface area (TPSA) is 71.5 Å². The van der Waals surface area contributed by atoms with Gasteiger partial charge in [-0.2, -0.15) is 0 Å². The van der Waals surface area contributed by atoms with Crippen molar-refractivity contribution in [1.82, 2.24) is 4.98 Å². The summed E-state index contributed by atoms with van der Waals surface area (Å²) in [5.41, 5.74) is 3.07. The van der Waals surface area contributed by atoms with Crippen molar-refractivity contribution in [3.8, 4) is 17.0 Å². The Morgan fingerprint density at radius 1 is 1.12 bits per heavy atom. The van der Waals surface area contributed by atoms with Crippen LogP contribution in [0.4, 0.5) is 11.4 Å². The van der Waals surface area contributed by atoms with Crippen LogP contribution in [0.25, 0.3) is 22.0 Å². The predicted octanol–water partition coefficient (Wildman–Crippen LogP) is 4.94. The molecule has 1 aliphatic rings. The van der Waals surface area contributed by atoms with Crippen LogP contribution in [0, 0.1) is 13.8 Å². The Morgan fingerprint density at radius 2 is 1.94 bits per heavy atom. The molecule has 0 radical (unpaired) electrons. The number of carbonyl (C=O) groups is 2. The number of nitrogens with zero attached hydrogens (tertiary/aromatic N) is 2. The first-order valence-electron chi connectivity index (χ1n) is 10.3. The van der Waals surface area contributed by atoms with E-state index in [9.17, 15) is 9.59 Å². The third-order valence-electron chi connectivity index (χ3n) is 5.44. The molecule has 3 aromatic carbocycles. The van der Waals surface area contributed by atoms with Gasteiger partial charge in [0.05, 0.1) is 16.4 Å². The van der Waals surface area contributed by atoms with E-state index in [1.807, 2.05) is 74.5 Å². The lowest BCUT2D eigenvalue weighted by molar-refractivity contribution is -0.123. The van der Waals surface area contributed by atoms with E-state index in [-0.39, 0.29) is 25.0 Å². The molecule has 5 rings (SSSR count). The van der Waals surface area contributed by atoms with Gasteiger partial charge in [-0.25, -0.2) is 4.98 Å². The summed E-state index contributed by atoms with van der Waals surface area (Å²) in [6.45, 7) is 3.80. The highest BCUT2D eigenvalue weighted by Crippen LogP contribution is 2.37. The Kier molecular flexibility index (Phi) is 5.11. The van der Waals surface area contributed by atoms with Gasteiger partial charge in [-0.05, 0) is 43.5 Å². The van der Waals surface area contributed by atoms with Crippen LogP contribution in [0.5, 0.6) is 5.75 Å². The maximum atomic E-state index is 12.9. The zero-order valence-corrected chi connectivity index (χ0v) is 18.5. The molecule has 0 fully saturated rings. The number of aromatic nitrogens is 1. The fraction of sp³-hybridized carbons (Fsp3) is 0.160. The van der Waals surface area contributed by atoms with Crippen molar-refractivity contribution < 1.29 is 14.3 Å². The quantitative estimate of drug-likeness (QED) is 0.485. The molecular weight excluding hydrogens is 422 g/mol. The molecule has 1 N–H and O–H groups in total. The van der Waals surface area contributed by atoms with Crippen LogP contribution in [-0.4, -0.2) is 29.9 Å². The number of fused-ring (bicyclic) bond motifs is 2. The van der Waals surface area contributed by atoms with E-state index in [1.165, 1.54) is 4.90 Å². The smallest absolute Gasteiger partial charge is 0.265 e. The zero-order valence-electron chi connectivity index (χ0n) is 17.7. The van der Waals surface area contributed by atoms with Gasteiger partial charge in [0.25, 0.3) is 5.91 Å². The number of thiazole rings is 1. The largest absolute Gasteiger partial charge is 0.482 e. The lowest BCUT2D eigenvalue weighted by Crippen LogP contribution is -2.43. The van der Waals surface area contributed by atoms with Crippen LogP contribution in [0.2, 0.25) is 0 Å². The van der Waals surface area contributed by atoms with Gasteiger partial charge >= 0.3 is 0 Å². The van der Waals surface area contributed by atoms with E-state index in [2.05, 4.69) is 10.3 Å². The minimum Gasteiger partial charge on any atom is -0.482 e. The van der Waals surface area contributed by atoms with Crippen molar-refractivity contribution in [2.45, 2.75) is 13.8 Å². The van der Waals surface area contributed by atoms with Crippen molar-refractivity contribution in [3.05, 3.63) is 70.5 Å². The highest BCUT2D eigenvalue weighted by molar-refractivity contribution is 7.11. The molecule has 2 heterocycles. The number of benzene rings is 3. The number of hydrogen-bond acceptors (Lipinski definition) is 5. The Bertz CT molecular complexity index is 1360. The number of amides is 2. The van der Waals surface area contributed by atoms with Gasteiger partial charge in [0.2, 0.25) is 5.91 Å². The van der Waals surface area contributed by atoms with Gasteiger partial charge in [0.15, 0.2) is 6.61 Å². The zero-order chi connectivity index (χ0) is 22.2. The summed E-state index contributed by atoms with van der Waals surface area (Å²) in [5, 5.41) is 5.93. The highest BCUT2D eigenvalue weighted by Gasteiger charge is 2.28. The lowest BCUT2D eigenvalue weighted by Gasteiger charge is -2.29. The number of ether oxygens (including phenoxy) is 1. The number of rotatable bonds is 4. The standard InChI is InChI=1S/C25H21N3O3S/c1-15-25(26-16(2)32-15)18-10-11-22-21(12-18)28(24(30)14-31-22)13-23(29)27-20-9-5-7-17-6-3-4-8-19(17)20/h3-12H,13-14H2,1-2H3,(H,27,29). The van der Waals surface area contributed by atoms with Gasteiger partial charge in [-0.3, -0.25) is 14.5 Å². The van der Waals surface area contributed by atoms with Crippen LogP contribution in [0.1, 0.15) is 9.88 Å². The van der Waals surface area contributed by atoms with Crippen molar-refractivity contribution in [2.75, 3.05) is 23.4 Å². The second-order valence-corrected chi connectivity index (χ2v) is 9.07. The molecule has 2 amide bonds. The van der Waals surface area contributed by atoms with E-state index in [4.69, 9.17) is 4.74 Å². The minimum absolute atomic E-state index is 0.0945. The molecule has 0 aliphatic carbocycles. The fourth-order valence-electron chi connectivity index (χ4n) is 3.99. The maximum absolute atomic E-state index is 12.9. The average Bonchev–Trinajstić information content (AvgIpc) is 3.13. The first-order valence-corrected chi connectivity index (χ1v) is 11.1. The van der Waals surface area contributed by atoms with Crippen LogP contribution in [0.15, 0.2) is 60.7 Å². The van der Waals surface area contributed by atoms with E-state index in [1.54, 1.807) is 11.3 Å². The minimum atomic E-state index is -0.270. The Hall–Kier alpha value is -3.71. The first-order chi connectivity index (χ1) is 15.5. The maximum Gasteiger partial charge on any atom is 0.265 e. The SMILES string of the molecule is Cc1nc(-c2ccc3c(c2)N(CC(=O)Nc2cccc4ccccc24)C(=O)CO3)c(C)s1. The van der Waals surface area contributed by atoms with E-state index < -0.39 is 0 Å². The second-order valence-electron chi connectivity index (χ2n) is 7.66. The monoisotopic (exact) mass is 443 g/mol. The average molecular weight is 444 g/mol. The molecule has 160 valence electrons. The number of nitrogens with one attached hydrogen (secondary N) is 1. The van der Waals surface area contributed by atoms with Gasteiger partial charge in [0, 0.05) is 21.5 Å². The summed E-state index contributed by atoms with van der Waals surface area (Å²) in [6.07, 6.45) is 0. The number of anilines is 2. The molecule has 0 saturated heterocycles. The third-order valence-corrected chi connectivity index (χ3v) is 6.33. The summed E-state index contributed by atoms with van der Waals surface area (Å²) in [7, 11) is 0. The van der Waals surface area contributed by atoms with Gasteiger partial charge in [-0.1, -0.05) is 36.4 Å². The molecule has 1 aliphatic heterocycles. The Balaban J connectivity index is 1.44. The molecular formula is C25H21N3O3S. The van der Waals surface area contributed by atoms with E-state index in [0.29, 0.717) is 11.4 Å². The van der Waals surface area contributed by atoms with Gasteiger partial charge in [-0.15, -0.1) is 11.3 Å². The number of carbonyl (C=O) groups excluding carboxylic acids is 2. The second kappa shape index (κ2) is 8.09. The van der Waals surface area contributed by atoms with Crippen molar-refractivity contribution in [2.24, 2.45) is 0 Å². The highest BCUT2D eigenvalue weighted by atomic mass is 32.1. The molecule has 0 atom stereocenters. The van der Waals surface area contributed by atoms with E-state index in [0.717, 1.165) is 37.6 Å². The lowest BCUT2D eigenvalue weighted by atomic mass is 10.1. The fourth-order valence-corrected chi connectivity index (χ4v) is 4.83. The molecule has 0 saturated carbocycles. The summed E-state index contributed by atoms with van der Waals surface area (Å²) in [4.78, 5) is 32.8. The molecule has 32 heavy (non-hydrogen) atoms. The van der Waals surface area contributed by atoms with Crippen molar-refractivity contribution in [3.63, 3.8) is 0 Å². The van der Waals surface area contributed by atoms with Crippen LogP contribution in [0.3, 0.4) is 0 Å². The summed E-state index contributed by atoms with van der Waals surface area (Å²) in [5.74, 6) is 0.0541. The van der Waals surface area contributed by atoms with Gasteiger partial charge in [0.1, 0.15) is 12.3 Å². The summed E-state index contributed by atoms with van der Waals surface area (Å²) in [6, 6.07) is 19.3. The molecule has 0 unspecified atom stereocenters.